The van der Waals surface area contributed by atoms with E-state index in [0.29, 0.717) is 12.2 Å². The van der Waals surface area contributed by atoms with E-state index in [0.717, 1.165) is 12.0 Å². The van der Waals surface area contributed by atoms with Gasteiger partial charge in [0.1, 0.15) is 6.61 Å². The molecule has 7 heteroatoms. The number of hydrogen-bond acceptors (Lipinski definition) is 5. The van der Waals surface area contributed by atoms with Crippen LogP contribution in [0.3, 0.4) is 0 Å². The van der Waals surface area contributed by atoms with Crippen LogP contribution >= 0.6 is 0 Å². The van der Waals surface area contributed by atoms with Crippen molar-refractivity contribution in [2.45, 2.75) is 19.6 Å². The van der Waals surface area contributed by atoms with Gasteiger partial charge in [0.05, 0.1) is 19.2 Å². The number of carboxylic acid groups (broad SMARTS) is 1. The molecule has 0 aliphatic carbocycles. The topological polar surface area (TPSA) is 98.7 Å². The van der Waals surface area contributed by atoms with Crippen molar-refractivity contribution in [2.24, 2.45) is 0 Å². The quantitative estimate of drug-likeness (QED) is 0.367. The van der Waals surface area contributed by atoms with Gasteiger partial charge in [-0.2, -0.15) is 0 Å². The molecular weight excluding hydrogens is 361 g/mol. The molecule has 1 amide bonds. The molecule has 0 aromatic heterocycles. The van der Waals surface area contributed by atoms with Gasteiger partial charge in [-0.25, -0.2) is 0 Å². The number of carbonyl (C=O) groups excluding carboxylic acids is 2. The Morgan fingerprint density at radius 3 is 2.46 bits per heavy atom. The third-order valence-electron chi connectivity index (χ3n) is 3.66. The fourth-order valence-corrected chi connectivity index (χ4v) is 2.34. The van der Waals surface area contributed by atoms with Crippen LogP contribution in [-0.4, -0.2) is 30.2 Å². The smallest absolute Gasteiger partial charge is 0.545 e. The van der Waals surface area contributed by atoms with Gasteiger partial charge >= 0.3 is 51.4 Å². The molecule has 0 aliphatic heterocycles. The van der Waals surface area contributed by atoms with Crippen molar-refractivity contribution in [2.75, 3.05) is 13.2 Å². The number of aliphatic hydroxyl groups is 1. The number of carbonyl (C=O) groups is 2. The summed E-state index contributed by atoms with van der Waals surface area (Å²) in [5.74, 6) is -1.60. The molecule has 0 saturated heterocycles. The molecule has 0 radical (unpaired) electrons. The third-order valence-corrected chi connectivity index (χ3v) is 3.66. The molecule has 2 aromatic rings. The van der Waals surface area contributed by atoms with Crippen LogP contribution in [0.4, 0.5) is 0 Å². The average Bonchev–Trinajstić information content (AvgIpc) is 2.64. The predicted molar refractivity (Wildman–Crippen MR) is 89.5 cm³/mol. The Bertz CT molecular complexity index is 721. The molecule has 0 bridgehead atoms. The maximum absolute atomic E-state index is 11.8. The van der Waals surface area contributed by atoms with Crippen LogP contribution in [0.2, 0.25) is 0 Å². The zero-order chi connectivity index (χ0) is 18.1. The Morgan fingerprint density at radius 1 is 1.08 bits per heavy atom. The van der Waals surface area contributed by atoms with Crippen molar-refractivity contribution in [1.29, 1.82) is 0 Å². The summed E-state index contributed by atoms with van der Waals surface area (Å²) >= 11 is 0. The van der Waals surface area contributed by atoms with Gasteiger partial charge in [0.25, 0.3) is 0 Å². The summed E-state index contributed by atoms with van der Waals surface area (Å²) in [6.45, 7) is 0.220. The molecule has 26 heavy (non-hydrogen) atoms. The standard InChI is InChI=1S/C19H21NO5.K/c21-12-16-10-15(6-7-17(16)19(23)24)11-20-18(22)13-25-9-8-14-4-2-1-3-5-14;/h1-7,10,21H,8-9,11-13H2,(H,20,22)(H,23,24);/q;+1/p-1. The summed E-state index contributed by atoms with van der Waals surface area (Å²) in [5, 5.41) is 22.8. The Morgan fingerprint density at radius 2 is 1.81 bits per heavy atom. The number of aliphatic hydroxyl groups excluding tert-OH is 1. The molecule has 2 rings (SSSR count). The van der Waals surface area contributed by atoms with E-state index >= 15 is 0 Å². The first kappa shape index (κ1) is 23.0. The van der Waals surface area contributed by atoms with Gasteiger partial charge in [-0.05, 0) is 23.1 Å². The molecule has 132 valence electrons. The van der Waals surface area contributed by atoms with Crippen molar-refractivity contribution in [3.63, 3.8) is 0 Å². The molecule has 0 fully saturated rings. The molecule has 0 spiro atoms. The summed E-state index contributed by atoms with van der Waals surface area (Å²) in [7, 11) is 0. The largest absolute Gasteiger partial charge is 1.00 e. The van der Waals surface area contributed by atoms with Crippen LogP contribution in [0.15, 0.2) is 48.5 Å². The summed E-state index contributed by atoms with van der Waals surface area (Å²) in [6.07, 6.45) is 0.735. The van der Waals surface area contributed by atoms with Gasteiger partial charge in [-0.15, -0.1) is 0 Å². The molecule has 0 aliphatic rings. The SMILES string of the molecule is O=C(COCCc1ccccc1)NCc1ccc(C(=O)[O-])c(CO)c1.[K+]. The number of ether oxygens (including phenoxy) is 1. The maximum Gasteiger partial charge on any atom is 1.00 e. The van der Waals surface area contributed by atoms with Crippen LogP contribution in [0.5, 0.6) is 0 Å². The first-order valence-corrected chi connectivity index (χ1v) is 7.92. The van der Waals surface area contributed by atoms with Gasteiger partial charge in [0.15, 0.2) is 0 Å². The van der Waals surface area contributed by atoms with Gasteiger partial charge in [0.2, 0.25) is 5.91 Å². The van der Waals surface area contributed by atoms with E-state index in [1.807, 2.05) is 30.3 Å². The maximum atomic E-state index is 11.8. The molecule has 2 N–H and O–H groups in total. The van der Waals surface area contributed by atoms with Crippen LogP contribution in [0.25, 0.3) is 0 Å². The van der Waals surface area contributed by atoms with Crippen LogP contribution in [0.1, 0.15) is 27.0 Å². The van der Waals surface area contributed by atoms with Crippen LogP contribution in [0, 0.1) is 0 Å². The van der Waals surface area contributed by atoms with E-state index in [2.05, 4.69) is 5.32 Å². The van der Waals surface area contributed by atoms with Gasteiger partial charge < -0.3 is 25.1 Å². The van der Waals surface area contributed by atoms with Crippen molar-refractivity contribution in [3.05, 3.63) is 70.8 Å². The Balaban J connectivity index is 0.00000338. The number of carboxylic acids is 1. The zero-order valence-electron chi connectivity index (χ0n) is 14.7. The first-order valence-electron chi connectivity index (χ1n) is 7.92. The molecule has 0 unspecified atom stereocenters. The fourth-order valence-electron chi connectivity index (χ4n) is 2.34. The Kier molecular flexibility index (Phi) is 10.9. The number of nitrogens with one attached hydrogen (secondary N) is 1. The van der Waals surface area contributed by atoms with E-state index in [4.69, 9.17) is 4.74 Å². The molecular formula is C19H20KNO5. The Hall–Kier alpha value is -1.06. The number of hydrogen-bond donors (Lipinski definition) is 2. The van der Waals surface area contributed by atoms with E-state index in [9.17, 15) is 19.8 Å². The van der Waals surface area contributed by atoms with Gasteiger partial charge in [0, 0.05) is 12.1 Å². The fraction of sp³-hybridized carbons (Fsp3) is 0.263. The van der Waals surface area contributed by atoms with E-state index in [1.54, 1.807) is 6.07 Å². The number of rotatable bonds is 9. The second kappa shape index (κ2) is 12.3. The molecule has 0 saturated carbocycles. The molecule has 0 atom stereocenters. The normalized spacial score (nSPS) is 10.0. The minimum Gasteiger partial charge on any atom is -0.545 e. The number of aromatic carboxylic acids is 1. The van der Waals surface area contributed by atoms with Crippen LogP contribution in [-0.2, 0) is 29.1 Å². The molecule has 6 nitrogen and oxygen atoms in total. The summed E-state index contributed by atoms with van der Waals surface area (Å²) in [4.78, 5) is 22.7. The van der Waals surface area contributed by atoms with Crippen molar-refractivity contribution in [1.82, 2.24) is 5.32 Å². The van der Waals surface area contributed by atoms with E-state index in [1.165, 1.54) is 12.1 Å². The summed E-state index contributed by atoms with van der Waals surface area (Å²) in [6, 6.07) is 14.3. The second-order valence-electron chi connectivity index (χ2n) is 5.50. The number of benzene rings is 2. The first-order chi connectivity index (χ1) is 12.1. The average molecular weight is 381 g/mol. The molecule has 0 heterocycles. The zero-order valence-corrected chi connectivity index (χ0v) is 17.9. The second-order valence-corrected chi connectivity index (χ2v) is 5.50. The summed E-state index contributed by atoms with van der Waals surface area (Å²) in [5.41, 5.74) is 2.03. The minimum absolute atomic E-state index is 0. The van der Waals surface area contributed by atoms with E-state index < -0.39 is 12.6 Å². The monoisotopic (exact) mass is 381 g/mol. The predicted octanol–water partition coefficient (Wildman–Crippen LogP) is -2.58. The van der Waals surface area contributed by atoms with Crippen molar-refractivity contribution < 1.29 is 75.9 Å². The van der Waals surface area contributed by atoms with Crippen LogP contribution < -0.4 is 61.8 Å². The number of amides is 1. The van der Waals surface area contributed by atoms with Crippen molar-refractivity contribution >= 4 is 11.9 Å². The Labute approximate surface area is 195 Å². The van der Waals surface area contributed by atoms with Crippen molar-refractivity contribution in [3.8, 4) is 0 Å². The van der Waals surface area contributed by atoms with Gasteiger partial charge in [-0.1, -0.05) is 48.5 Å². The molecule has 2 aromatic carbocycles. The third kappa shape index (κ3) is 7.67. The minimum atomic E-state index is -1.34. The van der Waals surface area contributed by atoms with Gasteiger partial charge in [-0.3, -0.25) is 4.79 Å². The summed E-state index contributed by atoms with van der Waals surface area (Å²) < 4.78 is 5.35. The van der Waals surface area contributed by atoms with E-state index in [-0.39, 0.29) is 81.6 Å².